The molecule has 0 aliphatic heterocycles. The lowest BCUT2D eigenvalue weighted by Gasteiger charge is -2.28. The molecule has 0 unspecified atom stereocenters. The van der Waals surface area contributed by atoms with E-state index < -0.39 is 42.9 Å². The van der Waals surface area contributed by atoms with E-state index in [-0.39, 0.29) is 25.8 Å². The second-order valence-electron chi connectivity index (χ2n) is 4.82. The van der Waals surface area contributed by atoms with Crippen molar-refractivity contribution >= 4 is 11.9 Å². The number of carbonyl (C=O) groups excluding carboxylic acids is 1. The van der Waals surface area contributed by atoms with E-state index in [9.17, 15) is 24.9 Å². The molecule has 1 amide bonds. The van der Waals surface area contributed by atoms with Gasteiger partial charge in [0.1, 0.15) is 24.4 Å². The fourth-order valence-corrected chi connectivity index (χ4v) is 1.64. The number of hydrogen-bond donors (Lipinski definition) is 6. The zero-order valence-electron chi connectivity index (χ0n) is 11.8. The van der Waals surface area contributed by atoms with Crippen LogP contribution in [-0.4, -0.2) is 92.0 Å². The molecule has 0 heterocycles. The molecular formula is C12H23NO8. The molecule has 0 saturated carbocycles. The lowest BCUT2D eigenvalue weighted by atomic mass is 10.0. The Labute approximate surface area is 122 Å². The van der Waals surface area contributed by atoms with Gasteiger partial charge in [0.15, 0.2) is 0 Å². The number of aliphatic hydroxyl groups excluding tert-OH is 5. The predicted octanol–water partition coefficient (Wildman–Crippen LogP) is -2.86. The minimum absolute atomic E-state index is 0.0204. The van der Waals surface area contributed by atoms with Crippen molar-refractivity contribution in [2.24, 2.45) is 0 Å². The van der Waals surface area contributed by atoms with E-state index in [0.717, 1.165) is 4.90 Å². The van der Waals surface area contributed by atoms with Crippen LogP contribution in [0.3, 0.4) is 0 Å². The number of likely N-dealkylation sites (N-methyl/N-ethyl adjacent to an activating group) is 1. The van der Waals surface area contributed by atoms with Gasteiger partial charge in [0.25, 0.3) is 0 Å². The monoisotopic (exact) mass is 309 g/mol. The second kappa shape index (κ2) is 9.64. The zero-order valence-corrected chi connectivity index (χ0v) is 11.8. The summed E-state index contributed by atoms with van der Waals surface area (Å²) in [6.45, 7) is -1.09. The van der Waals surface area contributed by atoms with Gasteiger partial charge in [0.2, 0.25) is 5.91 Å². The largest absolute Gasteiger partial charge is 0.481 e. The van der Waals surface area contributed by atoms with Gasteiger partial charge in [0, 0.05) is 26.4 Å². The number of carboxylic acid groups (broad SMARTS) is 1. The molecule has 0 rings (SSSR count). The number of aliphatic carboxylic acids is 1. The van der Waals surface area contributed by atoms with Gasteiger partial charge >= 0.3 is 5.97 Å². The van der Waals surface area contributed by atoms with Crippen LogP contribution in [0.2, 0.25) is 0 Å². The van der Waals surface area contributed by atoms with E-state index in [1.54, 1.807) is 0 Å². The Kier molecular flexibility index (Phi) is 9.06. The van der Waals surface area contributed by atoms with Crippen molar-refractivity contribution < 1.29 is 40.2 Å². The fraction of sp³-hybridized carbons (Fsp3) is 0.833. The Bertz CT molecular complexity index is 337. The van der Waals surface area contributed by atoms with Crippen molar-refractivity contribution in [2.75, 3.05) is 20.2 Å². The lowest BCUT2D eigenvalue weighted by molar-refractivity contribution is -0.139. The molecule has 124 valence electrons. The van der Waals surface area contributed by atoms with Gasteiger partial charge in [-0.25, -0.2) is 0 Å². The molecule has 0 saturated heterocycles. The zero-order chi connectivity index (χ0) is 16.6. The Morgan fingerprint density at radius 1 is 1.00 bits per heavy atom. The van der Waals surface area contributed by atoms with Gasteiger partial charge in [-0.1, -0.05) is 0 Å². The fourth-order valence-electron chi connectivity index (χ4n) is 1.64. The predicted molar refractivity (Wildman–Crippen MR) is 70.2 cm³/mol. The van der Waals surface area contributed by atoms with Gasteiger partial charge in [-0.2, -0.15) is 0 Å². The van der Waals surface area contributed by atoms with Crippen LogP contribution in [-0.2, 0) is 9.59 Å². The number of carbonyl (C=O) groups is 2. The summed E-state index contributed by atoms with van der Waals surface area (Å²) >= 11 is 0. The van der Waals surface area contributed by atoms with Crippen LogP contribution >= 0.6 is 0 Å². The molecule has 9 nitrogen and oxygen atoms in total. The first-order valence-corrected chi connectivity index (χ1v) is 6.49. The molecule has 0 bridgehead atoms. The normalized spacial score (nSPS) is 16.9. The topological polar surface area (TPSA) is 159 Å². The molecule has 9 heteroatoms. The van der Waals surface area contributed by atoms with E-state index in [1.807, 2.05) is 0 Å². The van der Waals surface area contributed by atoms with Gasteiger partial charge in [-0.3, -0.25) is 9.59 Å². The number of amides is 1. The van der Waals surface area contributed by atoms with Crippen molar-refractivity contribution in [2.45, 2.75) is 43.7 Å². The molecule has 0 aliphatic rings. The first-order valence-electron chi connectivity index (χ1n) is 6.49. The highest BCUT2D eigenvalue weighted by atomic mass is 16.4. The molecule has 0 aromatic carbocycles. The molecule has 6 N–H and O–H groups in total. The van der Waals surface area contributed by atoms with Crippen LogP contribution < -0.4 is 0 Å². The van der Waals surface area contributed by atoms with Gasteiger partial charge in [-0.15, -0.1) is 0 Å². The quantitative estimate of drug-likeness (QED) is 0.251. The summed E-state index contributed by atoms with van der Waals surface area (Å²) in [5.74, 6) is -1.43. The summed E-state index contributed by atoms with van der Waals surface area (Å²) in [5, 5.41) is 54.9. The molecule has 0 aliphatic carbocycles. The van der Waals surface area contributed by atoms with Gasteiger partial charge in [-0.05, 0) is 6.42 Å². The second-order valence-corrected chi connectivity index (χ2v) is 4.82. The number of carboxylic acids is 1. The highest BCUT2D eigenvalue weighted by Crippen LogP contribution is 2.07. The van der Waals surface area contributed by atoms with E-state index in [0.29, 0.717) is 0 Å². The van der Waals surface area contributed by atoms with Crippen LogP contribution in [0.5, 0.6) is 0 Å². The van der Waals surface area contributed by atoms with Gasteiger partial charge in [0.05, 0.1) is 6.61 Å². The highest BCUT2D eigenvalue weighted by Gasteiger charge is 2.31. The summed E-state index contributed by atoms with van der Waals surface area (Å²) in [4.78, 5) is 23.0. The molecule has 0 spiro atoms. The van der Waals surface area contributed by atoms with Crippen LogP contribution in [0.1, 0.15) is 19.3 Å². The lowest BCUT2D eigenvalue weighted by Crippen LogP contribution is -2.49. The summed E-state index contributed by atoms with van der Waals surface area (Å²) < 4.78 is 0. The molecule has 4 atom stereocenters. The highest BCUT2D eigenvalue weighted by molar-refractivity contribution is 5.76. The maximum atomic E-state index is 11.6. The van der Waals surface area contributed by atoms with E-state index >= 15 is 0 Å². The third-order valence-corrected chi connectivity index (χ3v) is 2.99. The number of nitrogens with zero attached hydrogens (tertiary/aromatic N) is 1. The Morgan fingerprint density at radius 3 is 2.00 bits per heavy atom. The van der Waals surface area contributed by atoms with E-state index in [4.69, 9.17) is 15.3 Å². The first kappa shape index (κ1) is 19.7. The van der Waals surface area contributed by atoms with Crippen molar-refractivity contribution in [1.29, 1.82) is 0 Å². The van der Waals surface area contributed by atoms with Crippen molar-refractivity contribution in [1.82, 2.24) is 4.90 Å². The smallest absolute Gasteiger partial charge is 0.303 e. The Balaban J connectivity index is 4.26. The maximum Gasteiger partial charge on any atom is 0.303 e. The number of aliphatic hydroxyl groups is 5. The first-order chi connectivity index (χ1) is 9.70. The van der Waals surface area contributed by atoms with Crippen molar-refractivity contribution in [3.63, 3.8) is 0 Å². The SMILES string of the molecule is CN(C[C@H](O)[C@@H](O)[C@H](O)[C@H](O)CO)C(=O)CCCC(=O)O. The van der Waals surface area contributed by atoms with E-state index in [2.05, 4.69) is 0 Å². The van der Waals surface area contributed by atoms with Crippen molar-refractivity contribution in [3.8, 4) is 0 Å². The number of hydrogen-bond acceptors (Lipinski definition) is 7. The van der Waals surface area contributed by atoms with Gasteiger partial charge < -0.3 is 35.5 Å². The molecular weight excluding hydrogens is 286 g/mol. The van der Waals surface area contributed by atoms with Crippen molar-refractivity contribution in [3.05, 3.63) is 0 Å². The van der Waals surface area contributed by atoms with Crippen LogP contribution in [0, 0.1) is 0 Å². The summed E-state index contributed by atoms with van der Waals surface area (Å²) in [6, 6.07) is 0. The average Bonchev–Trinajstić information content (AvgIpc) is 2.43. The molecule has 0 fully saturated rings. The molecule has 21 heavy (non-hydrogen) atoms. The summed E-state index contributed by atoms with van der Waals surface area (Å²) in [6.07, 6.45) is -6.62. The van der Waals surface area contributed by atoms with Crippen LogP contribution in [0.15, 0.2) is 0 Å². The van der Waals surface area contributed by atoms with Crippen LogP contribution in [0.4, 0.5) is 0 Å². The minimum atomic E-state index is -1.75. The standard InChI is InChI=1S/C12H23NO8/c1-13(9(17)3-2-4-10(18)19)5-7(15)11(20)12(21)8(16)6-14/h7-8,11-12,14-16,20-21H,2-6H2,1H3,(H,18,19)/t7-,8+,11+,12+/m0/s1. The van der Waals surface area contributed by atoms with Crippen LogP contribution in [0.25, 0.3) is 0 Å². The average molecular weight is 309 g/mol. The summed E-state index contributed by atoms with van der Waals surface area (Å²) in [7, 11) is 1.36. The Hall–Kier alpha value is -1.26. The summed E-state index contributed by atoms with van der Waals surface area (Å²) in [5.41, 5.74) is 0. The molecule has 0 aromatic heterocycles. The third kappa shape index (κ3) is 7.34. The molecule has 0 aromatic rings. The Morgan fingerprint density at radius 2 is 1.52 bits per heavy atom. The minimum Gasteiger partial charge on any atom is -0.481 e. The molecule has 0 radical (unpaired) electrons. The third-order valence-electron chi connectivity index (χ3n) is 2.99. The number of rotatable bonds is 10. The van der Waals surface area contributed by atoms with E-state index in [1.165, 1.54) is 7.05 Å². The maximum absolute atomic E-state index is 11.6.